The second kappa shape index (κ2) is 4.24. The first-order chi connectivity index (χ1) is 9.11. The predicted octanol–water partition coefficient (Wildman–Crippen LogP) is 2.27. The molecule has 2 heterocycles. The first-order valence-corrected chi connectivity index (χ1v) is 5.72. The minimum Gasteiger partial charge on any atom is -0.373 e. The Hall–Kier alpha value is -2.08. The van der Waals surface area contributed by atoms with Gasteiger partial charge in [0.15, 0.2) is 17.4 Å². The molecule has 1 aliphatic heterocycles. The van der Waals surface area contributed by atoms with Crippen LogP contribution in [0.2, 0.25) is 0 Å². The third-order valence-corrected chi connectivity index (χ3v) is 3.11. The molecule has 4 nitrogen and oxygen atoms in total. The van der Waals surface area contributed by atoms with E-state index in [0.29, 0.717) is 27.8 Å². The van der Waals surface area contributed by atoms with E-state index in [-0.39, 0.29) is 19.0 Å². The van der Waals surface area contributed by atoms with Gasteiger partial charge in [0.25, 0.3) is 0 Å². The van der Waals surface area contributed by atoms with Crippen molar-refractivity contribution in [1.82, 2.24) is 4.98 Å². The number of benzene rings is 1. The van der Waals surface area contributed by atoms with Crippen LogP contribution in [0.3, 0.4) is 0 Å². The summed E-state index contributed by atoms with van der Waals surface area (Å²) in [6.45, 7) is 0.117. The molecule has 0 radical (unpaired) electrons. The molecule has 1 N–H and O–H groups in total. The maximum Gasteiger partial charge on any atom is 0.191 e. The lowest BCUT2D eigenvalue weighted by molar-refractivity contribution is 0.0658. The van der Waals surface area contributed by atoms with Crippen molar-refractivity contribution in [3.63, 3.8) is 0 Å². The fourth-order valence-corrected chi connectivity index (χ4v) is 2.27. The van der Waals surface area contributed by atoms with Gasteiger partial charge in [0.05, 0.1) is 17.9 Å². The van der Waals surface area contributed by atoms with Crippen LogP contribution in [-0.4, -0.2) is 24.4 Å². The highest BCUT2D eigenvalue weighted by Crippen LogP contribution is 2.31. The summed E-state index contributed by atoms with van der Waals surface area (Å²) in [5, 5.41) is 3.56. The SMILES string of the molecule is CNc1nc2c(c3cc(F)c(F)cc13)C(=O)COC2. The summed E-state index contributed by atoms with van der Waals surface area (Å²) in [6.07, 6.45) is 0. The van der Waals surface area contributed by atoms with Crippen molar-refractivity contribution in [2.75, 3.05) is 19.0 Å². The number of ether oxygens (including phenoxy) is 1. The third kappa shape index (κ3) is 1.76. The topological polar surface area (TPSA) is 51.2 Å². The first kappa shape index (κ1) is 12.0. The van der Waals surface area contributed by atoms with Crippen LogP contribution < -0.4 is 5.32 Å². The van der Waals surface area contributed by atoms with Gasteiger partial charge in [-0.3, -0.25) is 4.79 Å². The summed E-state index contributed by atoms with van der Waals surface area (Å²) in [7, 11) is 1.63. The molecular weight excluding hydrogens is 254 g/mol. The molecule has 0 spiro atoms. The average Bonchev–Trinajstić information content (AvgIpc) is 2.39. The molecule has 0 amide bonds. The van der Waals surface area contributed by atoms with Crippen molar-refractivity contribution in [2.24, 2.45) is 0 Å². The number of carbonyl (C=O) groups is 1. The van der Waals surface area contributed by atoms with Gasteiger partial charge in [0, 0.05) is 17.8 Å². The lowest BCUT2D eigenvalue weighted by Gasteiger charge is -2.18. The maximum absolute atomic E-state index is 13.4. The number of pyridine rings is 1. The fraction of sp³-hybridized carbons (Fsp3) is 0.231. The first-order valence-electron chi connectivity index (χ1n) is 5.72. The molecule has 3 rings (SSSR count). The molecule has 0 aliphatic carbocycles. The number of nitrogens with zero attached hydrogens (tertiary/aromatic N) is 1. The molecule has 0 unspecified atom stereocenters. The second-order valence-corrected chi connectivity index (χ2v) is 4.26. The summed E-state index contributed by atoms with van der Waals surface area (Å²) in [6, 6.07) is 2.09. The van der Waals surface area contributed by atoms with Crippen LogP contribution in [-0.2, 0) is 11.3 Å². The van der Waals surface area contributed by atoms with Gasteiger partial charge in [0.2, 0.25) is 0 Å². The van der Waals surface area contributed by atoms with Crippen molar-refractivity contribution in [2.45, 2.75) is 6.61 Å². The number of ketones is 1. The molecule has 2 aromatic rings. The highest BCUT2D eigenvalue weighted by Gasteiger charge is 2.24. The summed E-state index contributed by atoms with van der Waals surface area (Å²) in [5.41, 5.74) is 0.762. The van der Waals surface area contributed by atoms with E-state index in [2.05, 4.69) is 10.3 Å². The molecular formula is C13H10F2N2O2. The van der Waals surface area contributed by atoms with Crippen molar-refractivity contribution in [3.8, 4) is 0 Å². The van der Waals surface area contributed by atoms with Gasteiger partial charge in [-0.1, -0.05) is 0 Å². The Labute approximate surface area is 107 Å². The van der Waals surface area contributed by atoms with E-state index in [1.54, 1.807) is 7.05 Å². The average molecular weight is 264 g/mol. The summed E-state index contributed by atoms with van der Waals surface area (Å²) < 4.78 is 31.9. The Morgan fingerprint density at radius 3 is 2.58 bits per heavy atom. The minimum absolute atomic E-state index is 0.0678. The van der Waals surface area contributed by atoms with E-state index in [0.717, 1.165) is 12.1 Å². The van der Waals surface area contributed by atoms with Crippen LogP contribution in [0.4, 0.5) is 14.6 Å². The number of hydrogen-bond acceptors (Lipinski definition) is 4. The van der Waals surface area contributed by atoms with Gasteiger partial charge in [-0.2, -0.15) is 0 Å². The van der Waals surface area contributed by atoms with E-state index in [1.807, 2.05) is 0 Å². The van der Waals surface area contributed by atoms with Crippen LogP contribution in [0.25, 0.3) is 10.8 Å². The van der Waals surface area contributed by atoms with E-state index >= 15 is 0 Å². The van der Waals surface area contributed by atoms with Crippen LogP contribution in [0.15, 0.2) is 12.1 Å². The van der Waals surface area contributed by atoms with Gasteiger partial charge < -0.3 is 10.1 Å². The van der Waals surface area contributed by atoms with E-state index in [4.69, 9.17) is 4.74 Å². The zero-order chi connectivity index (χ0) is 13.6. The number of nitrogens with one attached hydrogen (secondary N) is 1. The molecule has 0 saturated heterocycles. The van der Waals surface area contributed by atoms with Crippen molar-refractivity contribution >= 4 is 22.4 Å². The lowest BCUT2D eigenvalue weighted by atomic mass is 9.98. The normalized spacial score (nSPS) is 14.6. The minimum atomic E-state index is -0.984. The zero-order valence-corrected chi connectivity index (χ0v) is 10.1. The molecule has 6 heteroatoms. The fourth-order valence-electron chi connectivity index (χ4n) is 2.27. The van der Waals surface area contributed by atoms with Gasteiger partial charge in [-0.15, -0.1) is 0 Å². The number of anilines is 1. The molecule has 1 aromatic heterocycles. The Bertz CT molecular complexity index is 701. The van der Waals surface area contributed by atoms with Gasteiger partial charge in [-0.05, 0) is 12.1 Å². The predicted molar refractivity (Wildman–Crippen MR) is 65.2 cm³/mol. The van der Waals surface area contributed by atoms with Crippen molar-refractivity contribution in [1.29, 1.82) is 0 Å². The summed E-state index contributed by atoms with van der Waals surface area (Å²) in [4.78, 5) is 16.1. The van der Waals surface area contributed by atoms with Crippen LogP contribution in [0, 0.1) is 11.6 Å². The highest BCUT2D eigenvalue weighted by molar-refractivity contribution is 6.12. The Balaban J connectivity index is 2.45. The number of Topliss-reactive ketones (excluding diaryl/α,β-unsaturated/α-hetero) is 1. The lowest BCUT2D eigenvalue weighted by Crippen LogP contribution is -2.20. The second-order valence-electron chi connectivity index (χ2n) is 4.26. The number of rotatable bonds is 1. The van der Waals surface area contributed by atoms with E-state index < -0.39 is 11.6 Å². The van der Waals surface area contributed by atoms with E-state index in [1.165, 1.54) is 0 Å². The molecule has 19 heavy (non-hydrogen) atoms. The van der Waals surface area contributed by atoms with Gasteiger partial charge in [0.1, 0.15) is 12.4 Å². The smallest absolute Gasteiger partial charge is 0.191 e. The standard InChI is InChI=1S/C13H10F2N2O2/c1-16-13-7-3-9(15)8(14)2-6(7)12-10(17-13)4-19-5-11(12)18/h2-3H,4-5H2,1H3,(H,16,17). The van der Waals surface area contributed by atoms with Crippen LogP contribution >= 0.6 is 0 Å². The number of halogens is 2. The summed E-state index contributed by atoms with van der Waals surface area (Å²) >= 11 is 0. The van der Waals surface area contributed by atoms with Gasteiger partial charge in [-0.25, -0.2) is 13.8 Å². The molecule has 0 fully saturated rings. The number of fused-ring (bicyclic) bond motifs is 3. The monoisotopic (exact) mass is 264 g/mol. The van der Waals surface area contributed by atoms with E-state index in [9.17, 15) is 13.6 Å². The van der Waals surface area contributed by atoms with Crippen LogP contribution in [0.5, 0.6) is 0 Å². The molecule has 1 aromatic carbocycles. The molecule has 98 valence electrons. The largest absolute Gasteiger partial charge is 0.373 e. The molecule has 1 aliphatic rings. The Morgan fingerprint density at radius 1 is 1.21 bits per heavy atom. The Kier molecular flexibility index (Phi) is 2.67. The van der Waals surface area contributed by atoms with Crippen molar-refractivity contribution < 1.29 is 18.3 Å². The molecule has 0 saturated carbocycles. The maximum atomic E-state index is 13.4. The summed E-state index contributed by atoms with van der Waals surface area (Å²) in [5.74, 6) is -1.83. The molecule has 0 bridgehead atoms. The quantitative estimate of drug-likeness (QED) is 0.858. The molecule has 0 atom stereocenters. The number of carbonyl (C=O) groups excluding carboxylic acids is 1. The number of hydrogen-bond donors (Lipinski definition) is 1. The van der Waals surface area contributed by atoms with Crippen molar-refractivity contribution in [3.05, 3.63) is 35.0 Å². The Morgan fingerprint density at radius 2 is 1.89 bits per heavy atom. The van der Waals surface area contributed by atoms with Crippen LogP contribution in [0.1, 0.15) is 16.1 Å². The number of aromatic nitrogens is 1. The third-order valence-electron chi connectivity index (χ3n) is 3.11. The highest BCUT2D eigenvalue weighted by atomic mass is 19.2. The van der Waals surface area contributed by atoms with Gasteiger partial charge >= 0.3 is 0 Å². The zero-order valence-electron chi connectivity index (χ0n) is 10.1.